The second kappa shape index (κ2) is 5.31. The van der Waals surface area contributed by atoms with Crippen LogP contribution in [0.1, 0.15) is 6.92 Å². The Morgan fingerprint density at radius 2 is 2.00 bits per heavy atom. The van der Waals surface area contributed by atoms with Gasteiger partial charge in [-0.1, -0.05) is 12.7 Å². The van der Waals surface area contributed by atoms with E-state index < -0.39 is 16.3 Å². The number of amides is 1. The Balaban J connectivity index is 4.97. The predicted molar refractivity (Wildman–Crippen MR) is 51.9 cm³/mol. The van der Waals surface area contributed by atoms with Crippen molar-refractivity contribution in [2.24, 2.45) is 0 Å². The second-order valence-corrected chi connectivity index (χ2v) is 3.20. The molecule has 1 unspecified atom stereocenters. The van der Waals surface area contributed by atoms with Gasteiger partial charge in [-0.15, -0.1) is 6.58 Å². The third kappa shape index (κ3) is 3.71. The summed E-state index contributed by atoms with van der Waals surface area (Å²) in [5.74, 6) is -0.324. The quantitative estimate of drug-likeness (QED) is 0.393. The highest BCUT2D eigenvalue weighted by Gasteiger charge is 2.11. The summed E-state index contributed by atoms with van der Waals surface area (Å²) in [7, 11) is -2.39. The van der Waals surface area contributed by atoms with E-state index in [2.05, 4.69) is 18.5 Å². The Morgan fingerprint density at radius 3 is 2.23 bits per heavy atom. The molecular formula is C8H11NO3S. The first-order valence-corrected chi connectivity index (χ1v) is 4.58. The van der Waals surface area contributed by atoms with E-state index in [-0.39, 0.29) is 10.8 Å². The van der Waals surface area contributed by atoms with Crippen LogP contribution in [0.15, 0.2) is 25.3 Å². The number of rotatable bonds is 4. The second-order valence-electron chi connectivity index (χ2n) is 2.26. The molecule has 4 nitrogen and oxygen atoms in total. The summed E-state index contributed by atoms with van der Waals surface area (Å²) in [6.45, 7) is 8.03. The average Bonchev–Trinajstić information content (AvgIpc) is 2.02. The summed E-state index contributed by atoms with van der Waals surface area (Å²) in [4.78, 5) is 10.7. The minimum absolute atomic E-state index is 0.00481. The Labute approximate surface area is 78.5 Å². The minimum Gasteiger partial charge on any atom is -0.345 e. The van der Waals surface area contributed by atoms with E-state index in [0.29, 0.717) is 0 Å². The van der Waals surface area contributed by atoms with Gasteiger partial charge < -0.3 is 5.32 Å². The largest absolute Gasteiger partial charge is 0.345 e. The molecule has 0 aliphatic heterocycles. The third-order valence-corrected chi connectivity index (χ3v) is 2.10. The van der Waals surface area contributed by atoms with Gasteiger partial charge in [0.2, 0.25) is 16.2 Å². The van der Waals surface area contributed by atoms with E-state index in [1.807, 2.05) is 0 Å². The average molecular weight is 201 g/mol. The van der Waals surface area contributed by atoms with Crippen LogP contribution < -0.4 is 5.32 Å². The van der Waals surface area contributed by atoms with Crippen molar-refractivity contribution >= 4 is 21.1 Å². The van der Waals surface area contributed by atoms with Gasteiger partial charge in [-0.05, 0) is 6.08 Å². The van der Waals surface area contributed by atoms with Gasteiger partial charge in [0.25, 0.3) is 0 Å². The van der Waals surface area contributed by atoms with E-state index in [1.54, 1.807) is 0 Å². The highest BCUT2D eigenvalue weighted by Crippen LogP contribution is 1.90. The van der Waals surface area contributed by atoms with Gasteiger partial charge in [0, 0.05) is 6.92 Å². The van der Waals surface area contributed by atoms with E-state index in [9.17, 15) is 13.2 Å². The highest BCUT2D eigenvalue weighted by atomic mass is 32.2. The summed E-state index contributed by atoms with van der Waals surface area (Å²) in [6, 6.07) is -0.701. The molecule has 13 heavy (non-hydrogen) atoms. The molecular weight excluding hydrogens is 190 g/mol. The minimum atomic E-state index is -2.39. The molecule has 0 fully saturated rings. The topological polar surface area (TPSA) is 63.2 Å². The first kappa shape index (κ1) is 11.6. The van der Waals surface area contributed by atoms with Crippen LogP contribution in [0.25, 0.3) is 0 Å². The lowest BCUT2D eigenvalue weighted by atomic mass is 10.2. The number of hydrogen-bond donors (Lipinski definition) is 1. The van der Waals surface area contributed by atoms with Crippen LogP contribution in [0.2, 0.25) is 0 Å². The van der Waals surface area contributed by atoms with Crippen LogP contribution >= 0.6 is 0 Å². The summed E-state index contributed by atoms with van der Waals surface area (Å²) in [6.07, 6.45) is 2.50. The van der Waals surface area contributed by atoms with Gasteiger partial charge in [-0.3, -0.25) is 4.79 Å². The molecule has 0 aliphatic rings. The molecule has 0 rings (SSSR count). The van der Waals surface area contributed by atoms with E-state index >= 15 is 0 Å². The zero-order valence-corrected chi connectivity index (χ0v) is 8.10. The maximum atomic E-state index is 10.6. The number of hydrogen-bond acceptors (Lipinski definition) is 3. The maximum absolute atomic E-state index is 10.6. The zero-order chi connectivity index (χ0) is 10.4. The molecule has 0 radical (unpaired) electrons. The molecule has 0 aromatic carbocycles. The molecule has 1 atom stereocenters. The zero-order valence-electron chi connectivity index (χ0n) is 7.28. The van der Waals surface area contributed by atoms with E-state index in [0.717, 1.165) is 0 Å². The molecule has 0 saturated heterocycles. The van der Waals surface area contributed by atoms with Gasteiger partial charge in [0.1, 0.15) is 0 Å². The summed E-state index contributed by atoms with van der Waals surface area (Å²) < 4.78 is 21.2. The van der Waals surface area contributed by atoms with Crippen molar-refractivity contribution in [1.82, 2.24) is 5.32 Å². The first-order chi connectivity index (χ1) is 6.02. The third-order valence-electron chi connectivity index (χ3n) is 1.29. The number of carbonyl (C=O) groups is 1. The number of carbonyl (C=O) groups excluding carboxylic acids is 1. The monoisotopic (exact) mass is 201 g/mol. The van der Waals surface area contributed by atoms with Crippen LogP contribution in [0.3, 0.4) is 0 Å². The summed E-state index contributed by atoms with van der Waals surface area (Å²) in [5, 5.41) is 2.40. The Hall–Kier alpha value is -1.36. The molecule has 0 aromatic heterocycles. The van der Waals surface area contributed by atoms with Gasteiger partial charge >= 0.3 is 0 Å². The smallest absolute Gasteiger partial charge is 0.219 e. The van der Waals surface area contributed by atoms with Crippen molar-refractivity contribution in [3.63, 3.8) is 0 Å². The van der Waals surface area contributed by atoms with Crippen LogP contribution in [0, 0.1) is 0 Å². The molecule has 5 heteroatoms. The molecule has 0 spiro atoms. The maximum Gasteiger partial charge on any atom is 0.219 e. The van der Waals surface area contributed by atoms with Crippen molar-refractivity contribution in [3.05, 3.63) is 25.3 Å². The van der Waals surface area contributed by atoms with Gasteiger partial charge in [0.05, 0.1) is 10.9 Å². The normalized spacial score (nSPS) is 11.2. The van der Waals surface area contributed by atoms with Gasteiger partial charge in [-0.2, -0.15) is 8.42 Å². The molecule has 0 bridgehead atoms. The number of nitrogens with one attached hydrogen (secondary N) is 1. The Kier molecular flexibility index (Phi) is 4.76. The summed E-state index contributed by atoms with van der Waals surface area (Å²) in [5.41, 5.74) is 0. The molecule has 72 valence electrons. The Morgan fingerprint density at radius 1 is 1.46 bits per heavy atom. The van der Waals surface area contributed by atoms with Crippen LogP contribution in [-0.2, 0) is 15.1 Å². The summed E-state index contributed by atoms with van der Waals surface area (Å²) >= 11 is 0. The van der Waals surface area contributed by atoms with Crippen LogP contribution in [0.5, 0.6) is 0 Å². The molecule has 0 aromatic rings. The van der Waals surface area contributed by atoms with Crippen LogP contribution in [-0.4, -0.2) is 25.2 Å². The molecule has 0 saturated carbocycles. The van der Waals surface area contributed by atoms with Crippen molar-refractivity contribution in [3.8, 4) is 0 Å². The van der Waals surface area contributed by atoms with Gasteiger partial charge in [0.15, 0.2) is 0 Å². The highest BCUT2D eigenvalue weighted by molar-refractivity contribution is 7.73. The van der Waals surface area contributed by atoms with E-state index in [1.165, 1.54) is 19.1 Å². The van der Waals surface area contributed by atoms with Crippen molar-refractivity contribution in [1.29, 1.82) is 0 Å². The molecule has 1 N–H and O–H groups in total. The lowest BCUT2D eigenvalue weighted by molar-refractivity contribution is -0.119. The fraction of sp³-hybridized carbons (Fsp3) is 0.250. The van der Waals surface area contributed by atoms with E-state index in [4.69, 9.17) is 0 Å². The fourth-order valence-corrected chi connectivity index (χ4v) is 1.26. The SMILES string of the molecule is C=CC(C(C=C)NC(C)=O)=S(=O)=O. The van der Waals surface area contributed by atoms with Gasteiger partial charge in [-0.25, -0.2) is 0 Å². The van der Waals surface area contributed by atoms with Crippen LogP contribution in [0.4, 0.5) is 0 Å². The predicted octanol–water partition coefficient (Wildman–Crippen LogP) is -0.0854. The standard InChI is InChI=1S/C8H11NO3S/c1-4-7(9-6(3)10)8(5-2)13(11)12/h4-5,7H,1-2H2,3H3,(H,9,10). The van der Waals surface area contributed by atoms with Crippen molar-refractivity contribution in [2.45, 2.75) is 13.0 Å². The first-order valence-electron chi connectivity index (χ1n) is 3.51. The molecule has 0 aliphatic carbocycles. The lowest BCUT2D eigenvalue weighted by Gasteiger charge is -2.10. The molecule has 0 heterocycles. The van der Waals surface area contributed by atoms with Crippen molar-refractivity contribution in [2.75, 3.05) is 0 Å². The fourth-order valence-electron chi connectivity index (χ4n) is 0.764. The molecule has 1 amide bonds. The lowest BCUT2D eigenvalue weighted by Crippen LogP contribution is -2.37. The van der Waals surface area contributed by atoms with Crippen molar-refractivity contribution < 1.29 is 13.2 Å². The Bertz CT molecular complexity index is 346.